The minimum atomic E-state index is -0.167. The van der Waals surface area contributed by atoms with Gasteiger partial charge in [-0.05, 0) is 186 Å². The Balaban J connectivity index is 0.563. The van der Waals surface area contributed by atoms with Gasteiger partial charge in [-0.1, -0.05) is 360 Å². The molecule has 18 aromatic carbocycles. The topological polar surface area (TPSA) is 100 Å². The number of fused-ring (bicyclic) bond motifs is 18. The van der Waals surface area contributed by atoms with Crippen molar-refractivity contribution in [2.24, 2.45) is 0 Å². The van der Waals surface area contributed by atoms with Gasteiger partial charge in [0, 0.05) is 120 Å². The molecule has 7 heterocycles. The molecule has 0 fully saturated rings. The van der Waals surface area contributed by atoms with Crippen LogP contribution in [-0.4, -0.2) is 44.0 Å². The number of thiophene rings is 1. The molecule has 0 N–H and O–H groups in total. The summed E-state index contributed by atoms with van der Waals surface area (Å²) < 4.78 is 7.49. The Hall–Kier alpha value is -17.3. The van der Waals surface area contributed by atoms with Crippen molar-refractivity contribution in [3.05, 3.63) is 447 Å². The number of benzene rings is 18. The highest BCUT2D eigenvalue weighted by Crippen LogP contribution is 2.52. The summed E-state index contributed by atoms with van der Waals surface area (Å²) in [7, 11) is 0. The van der Waals surface area contributed by atoms with E-state index in [0.717, 1.165) is 201 Å². The van der Waals surface area contributed by atoms with Crippen LogP contribution in [0.25, 0.3) is 260 Å². The summed E-state index contributed by atoms with van der Waals surface area (Å²) in [6, 6.07) is 151. The molecule has 136 heavy (non-hydrogen) atoms. The quantitative estimate of drug-likeness (QED) is 0.107. The summed E-state index contributed by atoms with van der Waals surface area (Å²) in [5.74, 6) is 2.47. The van der Waals surface area contributed by atoms with Crippen LogP contribution in [0, 0.1) is 0 Å². The fraction of sp³-hybridized carbons (Fsp3) is 0.0397. The fourth-order valence-electron chi connectivity index (χ4n) is 21.8. The van der Waals surface area contributed by atoms with Crippen molar-refractivity contribution >= 4 is 114 Å². The Labute approximate surface area is 788 Å². The van der Waals surface area contributed by atoms with E-state index in [4.69, 9.17) is 34.9 Å². The SMILES string of the molecule is CC1(C)c2ccccc2-c2cc(-c3cc(-c4cccc(-c5ccc6c(c5)c5c7ccccc7nc(-c7ccccc7)c5n6-c5ccc(-c6ccc(-c7nc(-c8ccccc8)nc(-c8ccc(-c9cccc%10c9sc9ccccc9%10)cc8)n7)c7ccccc67)cc5)c4)nc(-c4ccc(-c5ccc(-n6c7c(c8c9ccccc9nc(-c9ccccc9)c86)C=CCC7)cc5)c5ccccc45)n3)ccc21. The highest BCUT2D eigenvalue weighted by atomic mass is 32.1. The average molecular weight is 1750 g/mol. The van der Waals surface area contributed by atoms with Gasteiger partial charge in [-0.2, -0.15) is 0 Å². The zero-order valence-corrected chi connectivity index (χ0v) is 75.2. The second-order valence-corrected chi connectivity index (χ2v) is 37.4. The summed E-state index contributed by atoms with van der Waals surface area (Å²) in [5, 5.41) is 12.6. The van der Waals surface area contributed by atoms with E-state index in [9.17, 15) is 0 Å². The second kappa shape index (κ2) is 31.5. The lowest BCUT2D eigenvalue weighted by molar-refractivity contribution is 0.660. The number of pyridine rings is 2. The number of rotatable bonds is 14. The summed E-state index contributed by atoms with van der Waals surface area (Å²) in [6.07, 6.45) is 6.56. The van der Waals surface area contributed by atoms with Crippen LogP contribution in [0.4, 0.5) is 0 Å². The first kappa shape index (κ1) is 78.5. The van der Waals surface area contributed by atoms with Crippen LogP contribution >= 0.6 is 11.3 Å². The van der Waals surface area contributed by atoms with E-state index in [1.165, 1.54) is 64.6 Å². The molecule has 0 unspecified atom stereocenters. The van der Waals surface area contributed by atoms with Crippen molar-refractivity contribution in [1.29, 1.82) is 0 Å². The minimum Gasteiger partial charge on any atom is -0.311 e. The highest BCUT2D eigenvalue weighted by Gasteiger charge is 2.36. The molecule has 25 aromatic rings. The van der Waals surface area contributed by atoms with Crippen molar-refractivity contribution in [2.45, 2.75) is 32.1 Å². The molecule has 0 saturated heterocycles. The lowest BCUT2D eigenvalue weighted by Crippen LogP contribution is -2.14. The Morgan fingerprint density at radius 3 is 1.35 bits per heavy atom. The molecule has 0 radical (unpaired) electrons. The van der Waals surface area contributed by atoms with Crippen molar-refractivity contribution in [3.63, 3.8) is 0 Å². The van der Waals surface area contributed by atoms with Gasteiger partial charge in [-0.3, -0.25) is 0 Å². The Bertz CT molecular complexity index is 9290. The van der Waals surface area contributed by atoms with Gasteiger partial charge in [-0.25, -0.2) is 34.9 Å². The van der Waals surface area contributed by atoms with Gasteiger partial charge in [0.2, 0.25) is 0 Å². The van der Waals surface area contributed by atoms with Crippen LogP contribution in [-0.2, 0) is 11.8 Å². The maximum Gasteiger partial charge on any atom is 0.164 e. The molecule has 0 bridgehead atoms. The van der Waals surface area contributed by atoms with E-state index in [1.54, 1.807) is 0 Å². The summed E-state index contributed by atoms with van der Waals surface area (Å²) in [5.41, 5.74) is 35.1. The van der Waals surface area contributed by atoms with Gasteiger partial charge < -0.3 is 9.13 Å². The largest absolute Gasteiger partial charge is 0.311 e. The standard InChI is InChI=1S/C126H81N9S/c1-126(2)106-47-21-16-40-96(106)104-74-86(60-70-107(104)126)111-75-110(129-124(130-111)99-68-66-89(92-36-12-14-38-94(92)99)76-56-62-87(63-57-76)134-112-50-24-19-44-103(112)115-101-42-17-22-48-108(101)127-117(119(115)134)79-28-6-3-7-29-79)85-35-26-34-83(72-85)84-61-71-113-105(73-84)116-102-43-18-23-49-109(102)128-118(80-30-8-4-9-31-80)120(116)135(113)88-64-58-77(59-65-88)90-67-69-100(95-39-15-13-37-93(90)95)125-132-122(81-32-10-5-11-33-81)131-123(133-125)82-54-52-78(53-55-82)91-45-27-46-98-97-41-20-25-51-114(97)136-121(91)98/h3-23,25-49,51-75H,24,50H2,1-2H3. The third-order valence-electron chi connectivity index (χ3n) is 28.3. The summed E-state index contributed by atoms with van der Waals surface area (Å²) in [6.45, 7) is 4.68. The van der Waals surface area contributed by atoms with Gasteiger partial charge in [0.1, 0.15) is 0 Å². The lowest BCUT2D eigenvalue weighted by atomic mass is 9.82. The highest BCUT2D eigenvalue weighted by molar-refractivity contribution is 7.26. The van der Waals surface area contributed by atoms with E-state index in [-0.39, 0.29) is 5.41 Å². The number of para-hydroxylation sites is 2. The molecule has 0 aliphatic heterocycles. The molecule has 10 heteroatoms. The smallest absolute Gasteiger partial charge is 0.164 e. The molecule has 9 nitrogen and oxygen atoms in total. The molecule has 7 aromatic heterocycles. The third kappa shape index (κ3) is 12.8. The van der Waals surface area contributed by atoms with Crippen molar-refractivity contribution in [2.75, 3.05) is 0 Å². The molecule has 636 valence electrons. The number of aromatic nitrogens is 9. The van der Waals surface area contributed by atoms with Crippen LogP contribution in [0.15, 0.2) is 425 Å². The van der Waals surface area contributed by atoms with Crippen LogP contribution in [0.2, 0.25) is 0 Å². The molecule has 0 amide bonds. The maximum atomic E-state index is 5.73. The lowest BCUT2D eigenvalue weighted by Gasteiger charge is -2.21. The molecule has 2 aliphatic carbocycles. The Morgan fingerprint density at radius 2 is 0.699 bits per heavy atom. The first-order valence-corrected chi connectivity index (χ1v) is 47.4. The second-order valence-electron chi connectivity index (χ2n) is 36.3. The predicted octanol–water partition coefficient (Wildman–Crippen LogP) is 32.7. The van der Waals surface area contributed by atoms with Crippen molar-refractivity contribution < 1.29 is 0 Å². The first-order chi connectivity index (χ1) is 67.2. The Morgan fingerprint density at radius 1 is 0.265 bits per heavy atom. The summed E-state index contributed by atoms with van der Waals surface area (Å²) in [4.78, 5) is 38.3. The average Bonchev–Trinajstić information content (AvgIpc) is 1.56. The third-order valence-corrected chi connectivity index (χ3v) is 29.5. The molecule has 2 aliphatic rings. The first-order valence-electron chi connectivity index (χ1n) is 46.6. The van der Waals surface area contributed by atoms with E-state index in [1.807, 2.05) is 29.5 Å². The summed E-state index contributed by atoms with van der Waals surface area (Å²) >= 11 is 1.84. The fourth-order valence-corrected chi connectivity index (χ4v) is 23.0. The normalized spacial score (nSPS) is 12.8. The van der Waals surface area contributed by atoms with Gasteiger partial charge in [0.25, 0.3) is 0 Å². The number of allylic oxidation sites excluding steroid dienone is 1. The molecule has 27 rings (SSSR count). The van der Waals surface area contributed by atoms with Gasteiger partial charge in [0.15, 0.2) is 23.3 Å². The van der Waals surface area contributed by atoms with Crippen LogP contribution in [0.5, 0.6) is 0 Å². The maximum absolute atomic E-state index is 5.73. The molecular formula is C126H81N9S. The number of hydrogen-bond donors (Lipinski definition) is 0. The van der Waals surface area contributed by atoms with E-state index in [2.05, 4.69) is 436 Å². The van der Waals surface area contributed by atoms with E-state index >= 15 is 0 Å². The molecular weight excluding hydrogens is 1670 g/mol. The van der Waals surface area contributed by atoms with E-state index in [0.29, 0.717) is 23.3 Å². The Kier molecular flexibility index (Phi) is 18.2. The van der Waals surface area contributed by atoms with Gasteiger partial charge >= 0.3 is 0 Å². The van der Waals surface area contributed by atoms with E-state index < -0.39 is 0 Å². The van der Waals surface area contributed by atoms with Crippen LogP contribution < -0.4 is 0 Å². The number of hydrogen-bond acceptors (Lipinski definition) is 8. The van der Waals surface area contributed by atoms with Crippen LogP contribution in [0.1, 0.15) is 42.7 Å². The molecule has 0 saturated carbocycles. The molecule has 0 spiro atoms. The zero-order chi connectivity index (χ0) is 89.8. The van der Waals surface area contributed by atoms with Crippen LogP contribution in [0.3, 0.4) is 0 Å². The van der Waals surface area contributed by atoms with Crippen molar-refractivity contribution in [3.8, 4) is 158 Å². The zero-order valence-electron chi connectivity index (χ0n) is 74.3. The monoisotopic (exact) mass is 1750 g/mol. The predicted molar refractivity (Wildman–Crippen MR) is 565 cm³/mol. The van der Waals surface area contributed by atoms with Gasteiger partial charge in [-0.15, -0.1) is 11.3 Å². The minimum absolute atomic E-state index is 0.167. The van der Waals surface area contributed by atoms with Gasteiger partial charge in [0.05, 0.1) is 50.4 Å². The molecule has 0 atom stereocenters. The van der Waals surface area contributed by atoms with Crippen molar-refractivity contribution in [1.82, 2.24) is 44.0 Å². The number of nitrogens with zero attached hydrogens (tertiary/aromatic N) is 9.